The lowest BCUT2D eigenvalue weighted by Crippen LogP contribution is -2.34. The van der Waals surface area contributed by atoms with Crippen LogP contribution in [0.4, 0.5) is 0 Å². The molecule has 0 unspecified atom stereocenters. The summed E-state index contributed by atoms with van der Waals surface area (Å²) in [6.07, 6.45) is 1.31. The highest BCUT2D eigenvalue weighted by Crippen LogP contribution is 2.30. The highest BCUT2D eigenvalue weighted by Gasteiger charge is 2.23. The van der Waals surface area contributed by atoms with Crippen LogP contribution in [0.1, 0.15) is 25.1 Å². The average molecular weight is 284 g/mol. The predicted molar refractivity (Wildman–Crippen MR) is 83.6 cm³/mol. The van der Waals surface area contributed by atoms with Gasteiger partial charge in [-0.15, -0.1) is 11.3 Å². The summed E-state index contributed by atoms with van der Waals surface area (Å²) < 4.78 is 0.471. The summed E-state index contributed by atoms with van der Waals surface area (Å²) in [7, 11) is 0. The molecule has 1 aromatic rings. The van der Waals surface area contributed by atoms with Crippen molar-refractivity contribution in [3.05, 3.63) is 22.4 Å². The van der Waals surface area contributed by atoms with Crippen LogP contribution in [0.25, 0.3) is 0 Å². The van der Waals surface area contributed by atoms with Crippen molar-refractivity contribution in [2.75, 3.05) is 31.9 Å². The first-order valence-electron chi connectivity index (χ1n) is 6.75. The minimum absolute atomic E-state index is 0.471. The molecule has 0 spiro atoms. The van der Waals surface area contributed by atoms with E-state index in [1.165, 1.54) is 36.7 Å². The number of nitrogens with one attached hydrogen (secondary N) is 1. The van der Waals surface area contributed by atoms with Gasteiger partial charge in [-0.05, 0) is 24.4 Å². The molecular formula is C14H24N2S2. The largest absolute Gasteiger partial charge is 0.311 e. The maximum absolute atomic E-state index is 3.54. The lowest BCUT2D eigenvalue weighted by atomic mass is 10.1. The van der Waals surface area contributed by atoms with E-state index in [2.05, 4.69) is 53.3 Å². The van der Waals surface area contributed by atoms with Crippen LogP contribution in [0.2, 0.25) is 0 Å². The summed E-state index contributed by atoms with van der Waals surface area (Å²) in [5.74, 6) is 1.28. The second kappa shape index (κ2) is 6.94. The maximum Gasteiger partial charge on any atom is 0.0300 e. The lowest BCUT2D eigenvalue weighted by Gasteiger charge is -2.22. The minimum Gasteiger partial charge on any atom is -0.311 e. The number of hydrogen-bond acceptors (Lipinski definition) is 4. The Balaban J connectivity index is 1.61. The van der Waals surface area contributed by atoms with Crippen LogP contribution in [-0.2, 0) is 6.54 Å². The monoisotopic (exact) mass is 284 g/mol. The Morgan fingerprint density at radius 3 is 3.06 bits per heavy atom. The number of rotatable bonds is 5. The molecule has 0 amide bonds. The van der Waals surface area contributed by atoms with Gasteiger partial charge < -0.3 is 10.2 Å². The van der Waals surface area contributed by atoms with E-state index in [-0.39, 0.29) is 0 Å². The van der Waals surface area contributed by atoms with Crippen LogP contribution in [-0.4, -0.2) is 41.6 Å². The summed E-state index contributed by atoms with van der Waals surface area (Å²) >= 11 is 3.95. The molecule has 0 radical (unpaired) electrons. The second-order valence-electron chi connectivity index (χ2n) is 5.46. The van der Waals surface area contributed by atoms with E-state index < -0.39 is 0 Å². The molecule has 1 aliphatic rings. The van der Waals surface area contributed by atoms with Gasteiger partial charge in [-0.3, -0.25) is 0 Å². The molecule has 0 bridgehead atoms. The fourth-order valence-corrected chi connectivity index (χ4v) is 3.96. The maximum atomic E-state index is 3.54. The fourth-order valence-electron chi connectivity index (χ4n) is 2.15. The van der Waals surface area contributed by atoms with Gasteiger partial charge >= 0.3 is 0 Å². The van der Waals surface area contributed by atoms with Gasteiger partial charge in [0.25, 0.3) is 0 Å². The van der Waals surface area contributed by atoms with Gasteiger partial charge in [-0.25, -0.2) is 0 Å². The minimum atomic E-state index is 0.471. The Kier molecular flexibility index (Phi) is 5.55. The van der Waals surface area contributed by atoms with Crippen LogP contribution < -0.4 is 5.32 Å². The first-order chi connectivity index (χ1) is 8.66. The van der Waals surface area contributed by atoms with E-state index in [9.17, 15) is 0 Å². The standard InChI is InChI=1S/C14H24N2S2/c1-14(2)5-7-16(9-11-18-14)8-6-15-12-13-4-3-10-17-13/h3-4,10,15H,5-9,11-12H2,1-2H3. The molecule has 1 aromatic heterocycles. The van der Waals surface area contributed by atoms with E-state index in [4.69, 9.17) is 0 Å². The van der Waals surface area contributed by atoms with E-state index in [1.807, 2.05) is 11.3 Å². The molecule has 0 atom stereocenters. The van der Waals surface area contributed by atoms with Crippen molar-refractivity contribution in [3.63, 3.8) is 0 Å². The van der Waals surface area contributed by atoms with Crippen LogP contribution >= 0.6 is 23.1 Å². The summed E-state index contributed by atoms with van der Waals surface area (Å²) in [4.78, 5) is 4.03. The highest BCUT2D eigenvalue weighted by atomic mass is 32.2. The number of hydrogen-bond donors (Lipinski definition) is 1. The van der Waals surface area contributed by atoms with Crippen molar-refractivity contribution < 1.29 is 0 Å². The fraction of sp³-hybridized carbons (Fsp3) is 0.714. The summed E-state index contributed by atoms with van der Waals surface area (Å²) in [6, 6.07) is 4.32. The van der Waals surface area contributed by atoms with Crippen LogP contribution in [0.15, 0.2) is 17.5 Å². The number of thiophene rings is 1. The Morgan fingerprint density at radius 2 is 2.28 bits per heavy atom. The molecule has 1 fully saturated rings. The van der Waals surface area contributed by atoms with Gasteiger partial charge in [-0.2, -0.15) is 11.8 Å². The van der Waals surface area contributed by atoms with Crippen molar-refractivity contribution in [3.8, 4) is 0 Å². The third-order valence-electron chi connectivity index (χ3n) is 3.41. The van der Waals surface area contributed by atoms with Gasteiger partial charge in [0.15, 0.2) is 0 Å². The van der Waals surface area contributed by atoms with Crippen molar-refractivity contribution >= 4 is 23.1 Å². The Hall–Kier alpha value is -0.0300. The molecule has 0 aromatic carbocycles. The Morgan fingerprint density at radius 1 is 1.39 bits per heavy atom. The molecule has 18 heavy (non-hydrogen) atoms. The molecular weight excluding hydrogens is 260 g/mol. The van der Waals surface area contributed by atoms with Gasteiger partial charge in [0.05, 0.1) is 0 Å². The average Bonchev–Trinajstić information content (AvgIpc) is 2.77. The molecule has 2 nitrogen and oxygen atoms in total. The van der Waals surface area contributed by atoms with Gasteiger partial charge in [-0.1, -0.05) is 19.9 Å². The zero-order valence-electron chi connectivity index (χ0n) is 11.4. The zero-order chi connectivity index (χ0) is 12.8. The predicted octanol–water partition coefficient (Wildman–Crippen LogP) is 3.06. The van der Waals surface area contributed by atoms with Crippen molar-refractivity contribution in [1.82, 2.24) is 10.2 Å². The van der Waals surface area contributed by atoms with Gasteiger partial charge in [0.2, 0.25) is 0 Å². The van der Waals surface area contributed by atoms with Crippen molar-refractivity contribution in [2.24, 2.45) is 0 Å². The van der Waals surface area contributed by atoms with E-state index in [0.29, 0.717) is 4.75 Å². The number of nitrogens with zero attached hydrogens (tertiary/aromatic N) is 1. The third kappa shape index (κ3) is 4.92. The number of thioether (sulfide) groups is 1. The molecule has 0 aliphatic carbocycles. The third-order valence-corrected chi connectivity index (χ3v) is 5.66. The topological polar surface area (TPSA) is 15.3 Å². The van der Waals surface area contributed by atoms with Crippen LogP contribution in [0.3, 0.4) is 0 Å². The van der Waals surface area contributed by atoms with Gasteiger partial charge in [0, 0.05) is 41.6 Å². The first-order valence-corrected chi connectivity index (χ1v) is 8.62. The molecule has 0 saturated carbocycles. The molecule has 2 rings (SSSR count). The molecule has 1 saturated heterocycles. The zero-order valence-corrected chi connectivity index (χ0v) is 13.1. The summed E-state index contributed by atoms with van der Waals surface area (Å²) in [5, 5.41) is 5.68. The Labute approximate surface area is 119 Å². The van der Waals surface area contributed by atoms with Gasteiger partial charge in [0.1, 0.15) is 0 Å². The van der Waals surface area contributed by atoms with Crippen LogP contribution in [0.5, 0.6) is 0 Å². The Bertz CT molecular complexity index is 336. The lowest BCUT2D eigenvalue weighted by molar-refractivity contribution is 0.283. The second-order valence-corrected chi connectivity index (χ2v) is 8.29. The SMILES string of the molecule is CC1(C)CCN(CCNCc2cccs2)CCS1. The quantitative estimate of drug-likeness (QED) is 0.837. The molecule has 2 heterocycles. The van der Waals surface area contributed by atoms with E-state index >= 15 is 0 Å². The van der Waals surface area contributed by atoms with Crippen LogP contribution in [0, 0.1) is 0 Å². The summed E-state index contributed by atoms with van der Waals surface area (Å²) in [6.45, 7) is 10.5. The summed E-state index contributed by atoms with van der Waals surface area (Å²) in [5.41, 5.74) is 0. The smallest absolute Gasteiger partial charge is 0.0300 e. The highest BCUT2D eigenvalue weighted by molar-refractivity contribution is 8.00. The normalized spacial score (nSPS) is 20.8. The first kappa shape index (κ1) is 14.4. The molecule has 102 valence electrons. The van der Waals surface area contributed by atoms with E-state index in [0.717, 1.165) is 13.1 Å². The molecule has 4 heteroatoms. The van der Waals surface area contributed by atoms with Crippen molar-refractivity contribution in [2.45, 2.75) is 31.6 Å². The molecule has 1 aliphatic heterocycles. The van der Waals surface area contributed by atoms with E-state index in [1.54, 1.807) is 0 Å². The molecule has 1 N–H and O–H groups in total. The van der Waals surface area contributed by atoms with Crippen molar-refractivity contribution in [1.29, 1.82) is 0 Å².